The van der Waals surface area contributed by atoms with Gasteiger partial charge in [0.25, 0.3) is 0 Å². The maximum Gasteiger partial charge on any atom is 0.235 e. The first-order valence-corrected chi connectivity index (χ1v) is 5.30. The maximum atomic E-state index is 11.1. The summed E-state index contributed by atoms with van der Waals surface area (Å²) in [5.74, 6) is -0.451. The van der Waals surface area contributed by atoms with Crippen LogP contribution in [0.15, 0.2) is 24.3 Å². The first-order valence-electron chi connectivity index (χ1n) is 4.39. The maximum absolute atomic E-state index is 11.1. The smallest absolute Gasteiger partial charge is 0.235 e. The summed E-state index contributed by atoms with van der Waals surface area (Å²) in [5.41, 5.74) is 0.753. The van der Waals surface area contributed by atoms with Crippen molar-refractivity contribution in [3.05, 3.63) is 34.9 Å². The third kappa shape index (κ3) is 3.70. The molecule has 2 N–H and O–H groups in total. The van der Waals surface area contributed by atoms with Gasteiger partial charge in [0.15, 0.2) is 0 Å². The fourth-order valence-corrected chi connectivity index (χ4v) is 1.47. The molecule has 0 bridgehead atoms. The summed E-state index contributed by atoms with van der Waals surface area (Å²) in [4.78, 5) is 11.1. The van der Waals surface area contributed by atoms with Crippen LogP contribution < -0.4 is 5.32 Å². The van der Waals surface area contributed by atoms with Crippen molar-refractivity contribution in [1.29, 1.82) is 0 Å². The largest absolute Gasteiger partial charge is 0.394 e. The molecule has 82 valence electrons. The molecule has 1 unspecified atom stereocenters. The third-order valence-corrected chi connectivity index (χ3v) is 2.37. The number of benzene rings is 1. The Morgan fingerprint density at radius 3 is 2.80 bits per heavy atom. The number of nitrogens with one attached hydrogen (secondary N) is 1. The molecule has 0 heterocycles. The van der Waals surface area contributed by atoms with Crippen LogP contribution in [-0.2, 0) is 4.79 Å². The summed E-state index contributed by atoms with van der Waals surface area (Å²) < 4.78 is 0. The number of amides is 1. The van der Waals surface area contributed by atoms with Crippen molar-refractivity contribution >= 4 is 29.1 Å². The van der Waals surface area contributed by atoms with Crippen LogP contribution in [0.25, 0.3) is 0 Å². The Balaban J connectivity index is 2.78. The lowest BCUT2D eigenvalue weighted by Gasteiger charge is -2.16. The number of hydrogen-bond donors (Lipinski definition) is 2. The molecule has 1 aromatic carbocycles. The number of halogens is 2. The van der Waals surface area contributed by atoms with E-state index in [-0.39, 0.29) is 18.4 Å². The number of rotatable bonds is 4. The van der Waals surface area contributed by atoms with Gasteiger partial charge >= 0.3 is 0 Å². The molecular formula is C10H11Cl2NO2. The minimum atomic E-state index is -0.463. The zero-order valence-corrected chi connectivity index (χ0v) is 9.42. The molecule has 0 saturated carbocycles. The first-order chi connectivity index (χ1) is 7.17. The van der Waals surface area contributed by atoms with Crippen molar-refractivity contribution in [1.82, 2.24) is 5.32 Å². The third-order valence-electron chi connectivity index (χ3n) is 1.89. The Bertz CT molecular complexity index is 344. The average molecular weight is 248 g/mol. The van der Waals surface area contributed by atoms with Gasteiger partial charge in [-0.2, -0.15) is 0 Å². The summed E-state index contributed by atoms with van der Waals surface area (Å²) in [7, 11) is 0. The van der Waals surface area contributed by atoms with Crippen LogP contribution in [0.2, 0.25) is 5.02 Å². The molecule has 15 heavy (non-hydrogen) atoms. The van der Waals surface area contributed by atoms with E-state index in [0.29, 0.717) is 5.02 Å². The van der Waals surface area contributed by atoms with Gasteiger partial charge in [0.2, 0.25) is 5.91 Å². The predicted octanol–water partition coefficient (Wildman–Crippen LogP) is 1.73. The highest BCUT2D eigenvalue weighted by Gasteiger charge is 2.12. The van der Waals surface area contributed by atoms with Gasteiger partial charge in [-0.05, 0) is 17.7 Å². The number of hydrogen-bond acceptors (Lipinski definition) is 2. The first kappa shape index (κ1) is 12.3. The molecule has 0 fully saturated rings. The van der Waals surface area contributed by atoms with Crippen LogP contribution in [-0.4, -0.2) is 23.5 Å². The van der Waals surface area contributed by atoms with Gasteiger partial charge in [0, 0.05) is 5.02 Å². The summed E-state index contributed by atoms with van der Waals surface area (Å²) in [6.45, 7) is -0.191. The van der Waals surface area contributed by atoms with Crippen LogP contribution in [0.4, 0.5) is 0 Å². The van der Waals surface area contributed by atoms with E-state index in [9.17, 15) is 4.79 Å². The molecule has 0 spiro atoms. The molecule has 0 aliphatic rings. The molecule has 0 aliphatic heterocycles. The summed E-state index contributed by atoms with van der Waals surface area (Å²) in [6.07, 6.45) is 0. The number of aliphatic hydroxyl groups is 1. The average Bonchev–Trinajstić information content (AvgIpc) is 2.25. The quantitative estimate of drug-likeness (QED) is 0.797. The van der Waals surface area contributed by atoms with Crippen molar-refractivity contribution in [3.63, 3.8) is 0 Å². The summed E-state index contributed by atoms with van der Waals surface area (Å²) in [5, 5.41) is 12.3. The van der Waals surface area contributed by atoms with Crippen LogP contribution in [0.3, 0.4) is 0 Å². The van der Waals surface area contributed by atoms with Crippen molar-refractivity contribution in [2.45, 2.75) is 6.04 Å². The molecule has 0 radical (unpaired) electrons. The van der Waals surface area contributed by atoms with E-state index < -0.39 is 6.04 Å². The summed E-state index contributed by atoms with van der Waals surface area (Å²) in [6, 6.07) is 6.49. The van der Waals surface area contributed by atoms with Crippen LogP contribution >= 0.6 is 23.2 Å². The van der Waals surface area contributed by atoms with Crippen molar-refractivity contribution < 1.29 is 9.90 Å². The van der Waals surface area contributed by atoms with E-state index in [4.69, 9.17) is 28.3 Å². The number of carbonyl (C=O) groups is 1. The van der Waals surface area contributed by atoms with Gasteiger partial charge in [-0.1, -0.05) is 23.7 Å². The zero-order chi connectivity index (χ0) is 11.3. The normalized spacial score (nSPS) is 12.2. The summed E-state index contributed by atoms with van der Waals surface area (Å²) >= 11 is 11.1. The van der Waals surface area contributed by atoms with E-state index in [1.54, 1.807) is 24.3 Å². The Morgan fingerprint density at radius 2 is 2.27 bits per heavy atom. The standard InChI is InChI=1S/C10H11Cl2NO2/c11-5-10(15)13-9(6-14)7-2-1-3-8(12)4-7/h1-4,9,14H,5-6H2,(H,13,15). The fraction of sp³-hybridized carbons (Fsp3) is 0.300. The van der Waals surface area contributed by atoms with Crippen LogP contribution in [0.1, 0.15) is 11.6 Å². The molecule has 0 aromatic heterocycles. The number of alkyl halides is 1. The van der Waals surface area contributed by atoms with Gasteiger partial charge in [-0.25, -0.2) is 0 Å². The van der Waals surface area contributed by atoms with Gasteiger partial charge in [-0.15, -0.1) is 11.6 Å². The highest BCUT2D eigenvalue weighted by Crippen LogP contribution is 2.17. The molecule has 0 aliphatic carbocycles. The molecule has 1 atom stereocenters. The van der Waals surface area contributed by atoms with Gasteiger partial charge in [0.1, 0.15) is 5.88 Å². The molecule has 0 saturated heterocycles. The lowest BCUT2D eigenvalue weighted by Crippen LogP contribution is -2.31. The zero-order valence-electron chi connectivity index (χ0n) is 7.91. The van der Waals surface area contributed by atoms with Crippen LogP contribution in [0.5, 0.6) is 0 Å². The van der Waals surface area contributed by atoms with E-state index in [2.05, 4.69) is 5.32 Å². The van der Waals surface area contributed by atoms with Crippen molar-refractivity contribution in [2.24, 2.45) is 0 Å². The second kappa shape index (κ2) is 5.95. The minimum absolute atomic E-state index is 0.128. The topological polar surface area (TPSA) is 49.3 Å². The van der Waals surface area contributed by atoms with E-state index in [1.807, 2.05) is 0 Å². The van der Waals surface area contributed by atoms with E-state index in [0.717, 1.165) is 5.56 Å². The van der Waals surface area contributed by atoms with Gasteiger partial charge < -0.3 is 10.4 Å². The molecule has 5 heteroatoms. The SMILES string of the molecule is O=C(CCl)NC(CO)c1cccc(Cl)c1. The Labute approximate surface area is 98.0 Å². The Hall–Kier alpha value is -0.770. The molecule has 1 amide bonds. The van der Waals surface area contributed by atoms with Crippen LogP contribution in [0, 0.1) is 0 Å². The lowest BCUT2D eigenvalue weighted by atomic mass is 10.1. The molecule has 1 aromatic rings. The fourth-order valence-electron chi connectivity index (χ4n) is 1.19. The Morgan fingerprint density at radius 1 is 1.53 bits per heavy atom. The van der Waals surface area contributed by atoms with Gasteiger partial charge in [-0.3, -0.25) is 4.79 Å². The second-order valence-corrected chi connectivity index (χ2v) is 3.70. The molecular weight excluding hydrogens is 237 g/mol. The number of aliphatic hydroxyl groups excluding tert-OH is 1. The lowest BCUT2D eigenvalue weighted by molar-refractivity contribution is -0.119. The molecule has 3 nitrogen and oxygen atoms in total. The van der Waals surface area contributed by atoms with E-state index >= 15 is 0 Å². The molecule has 1 rings (SSSR count). The van der Waals surface area contributed by atoms with Crippen molar-refractivity contribution in [2.75, 3.05) is 12.5 Å². The Kier molecular flexibility index (Phi) is 4.88. The second-order valence-electron chi connectivity index (χ2n) is 2.99. The minimum Gasteiger partial charge on any atom is -0.394 e. The highest BCUT2D eigenvalue weighted by atomic mass is 35.5. The monoisotopic (exact) mass is 247 g/mol. The number of carbonyl (C=O) groups excluding carboxylic acids is 1. The predicted molar refractivity (Wildman–Crippen MR) is 60.1 cm³/mol. The van der Waals surface area contributed by atoms with E-state index in [1.165, 1.54) is 0 Å². The van der Waals surface area contributed by atoms with Crippen molar-refractivity contribution in [3.8, 4) is 0 Å². The highest BCUT2D eigenvalue weighted by molar-refractivity contribution is 6.30. The van der Waals surface area contributed by atoms with Gasteiger partial charge in [0.05, 0.1) is 12.6 Å².